The highest BCUT2D eigenvalue weighted by molar-refractivity contribution is 6.07. The molecule has 0 unspecified atom stereocenters. The Morgan fingerprint density at radius 2 is 0.972 bits per heavy atom. The number of carbonyl (C=O) groups is 2. The molecule has 0 aliphatic carbocycles. The molecule has 0 atom stereocenters. The van der Waals surface area contributed by atoms with Gasteiger partial charge < -0.3 is 21.3 Å². The lowest BCUT2D eigenvalue weighted by Gasteiger charge is -2.15. The van der Waals surface area contributed by atoms with E-state index in [9.17, 15) is 9.59 Å². The van der Waals surface area contributed by atoms with Crippen molar-refractivity contribution >= 4 is 34.9 Å². The first-order valence-corrected chi connectivity index (χ1v) is 12.2. The molecular weight excluding hydrogens is 452 g/mol. The molecule has 0 aromatic heterocycles. The summed E-state index contributed by atoms with van der Waals surface area (Å²) in [5.74, 6) is 1.33. The van der Waals surface area contributed by atoms with Gasteiger partial charge in [0.15, 0.2) is 0 Å². The third kappa shape index (κ3) is 5.60. The van der Waals surface area contributed by atoms with Crippen LogP contribution < -0.4 is 21.3 Å². The SMILES string of the molecule is O=C(Nc1ccc(C2=NCCCN2)cc1)c1ccc(NC(=O)c2ccc(C3=NCCCN3)cc2)cc1. The van der Waals surface area contributed by atoms with E-state index >= 15 is 0 Å². The molecule has 3 aromatic carbocycles. The fourth-order valence-corrected chi connectivity index (χ4v) is 4.05. The summed E-state index contributed by atoms with van der Waals surface area (Å²) >= 11 is 0. The second-order valence-electron chi connectivity index (χ2n) is 8.66. The Morgan fingerprint density at radius 1 is 0.583 bits per heavy atom. The van der Waals surface area contributed by atoms with Crippen molar-refractivity contribution in [1.82, 2.24) is 10.6 Å². The van der Waals surface area contributed by atoms with E-state index < -0.39 is 0 Å². The van der Waals surface area contributed by atoms with E-state index in [0.717, 1.165) is 61.8 Å². The summed E-state index contributed by atoms with van der Waals surface area (Å²) in [5, 5.41) is 12.4. The van der Waals surface area contributed by atoms with Gasteiger partial charge in [-0.25, -0.2) is 0 Å². The number of anilines is 2. The summed E-state index contributed by atoms with van der Waals surface area (Å²) in [4.78, 5) is 34.3. The van der Waals surface area contributed by atoms with E-state index in [1.54, 1.807) is 36.4 Å². The van der Waals surface area contributed by atoms with Crippen LogP contribution in [0.2, 0.25) is 0 Å². The predicted molar refractivity (Wildman–Crippen MR) is 143 cm³/mol. The lowest BCUT2D eigenvalue weighted by Crippen LogP contribution is -2.30. The standard InChI is InChI=1S/C28H28N6O2/c35-27(21-5-3-19(4-6-21)25-29-15-1-16-30-25)34-24-13-9-22(10-14-24)28(36)33-23-11-7-20(8-12-23)26-31-17-2-18-32-26/h3-14H,1-2,15-18H2,(H,29,30)(H,31,32)(H,33,36)(H,34,35). The maximum Gasteiger partial charge on any atom is 0.255 e. The number of aliphatic imine (C=N–C) groups is 2. The Bertz CT molecular complexity index is 1300. The molecule has 2 aliphatic rings. The van der Waals surface area contributed by atoms with E-state index in [1.807, 2.05) is 36.4 Å². The van der Waals surface area contributed by atoms with Gasteiger partial charge in [-0.3, -0.25) is 19.6 Å². The van der Waals surface area contributed by atoms with Crippen LogP contribution >= 0.6 is 0 Å². The minimum absolute atomic E-state index is 0.213. The van der Waals surface area contributed by atoms with E-state index in [4.69, 9.17) is 0 Å². The van der Waals surface area contributed by atoms with Gasteiger partial charge in [0.05, 0.1) is 0 Å². The number of hydrogen-bond donors (Lipinski definition) is 4. The van der Waals surface area contributed by atoms with Crippen LogP contribution in [-0.4, -0.2) is 49.7 Å². The number of rotatable bonds is 6. The molecule has 5 rings (SSSR count). The second-order valence-corrected chi connectivity index (χ2v) is 8.66. The third-order valence-electron chi connectivity index (χ3n) is 6.04. The summed E-state index contributed by atoms with van der Waals surface area (Å²) in [6.07, 6.45) is 2.08. The molecule has 0 fully saturated rings. The molecule has 0 saturated carbocycles. The molecule has 2 amide bonds. The number of nitrogens with zero attached hydrogens (tertiary/aromatic N) is 2. The zero-order chi connectivity index (χ0) is 24.7. The van der Waals surface area contributed by atoms with Crippen LogP contribution in [0.25, 0.3) is 0 Å². The Hall–Kier alpha value is -4.46. The lowest BCUT2D eigenvalue weighted by molar-refractivity contribution is 0.102. The van der Waals surface area contributed by atoms with Crippen LogP contribution in [0.3, 0.4) is 0 Å². The number of amides is 2. The van der Waals surface area contributed by atoms with Gasteiger partial charge in [-0.2, -0.15) is 0 Å². The van der Waals surface area contributed by atoms with Crippen LogP contribution in [0, 0.1) is 0 Å². The van der Waals surface area contributed by atoms with E-state index in [2.05, 4.69) is 31.3 Å². The number of carbonyl (C=O) groups excluding carboxylic acids is 2. The van der Waals surface area contributed by atoms with Gasteiger partial charge in [0.2, 0.25) is 0 Å². The highest BCUT2D eigenvalue weighted by Crippen LogP contribution is 2.16. The zero-order valence-electron chi connectivity index (χ0n) is 19.9. The van der Waals surface area contributed by atoms with Crippen LogP contribution in [-0.2, 0) is 0 Å². The molecule has 0 saturated heterocycles. The molecule has 8 nitrogen and oxygen atoms in total. The highest BCUT2D eigenvalue weighted by atomic mass is 16.2. The fourth-order valence-electron chi connectivity index (χ4n) is 4.05. The van der Waals surface area contributed by atoms with Crippen molar-refractivity contribution in [2.45, 2.75) is 12.8 Å². The second kappa shape index (κ2) is 10.9. The minimum Gasteiger partial charge on any atom is -0.370 e. The van der Waals surface area contributed by atoms with Crippen molar-refractivity contribution in [3.63, 3.8) is 0 Å². The molecule has 8 heteroatoms. The Labute approximate surface area is 209 Å². The van der Waals surface area contributed by atoms with Crippen LogP contribution in [0.15, 0.2) is 82.8 Å². The molecule has 2 aliphatic heterocycles. The van der Waals surface area contributed by atoms with Crippen molar-refractivity contribution in [3.8, 4) is 0 Å². The minimum atomic E-state index is -0.219. The molecule has 4 N–H and O–H groups in total. The van der Waals surface area contributed by atoms with Gasteiger partial charge >= 0.3 is 0 Å². The molecule has 0 radical (unpaired) electrons. The molecule has 3 aromatic rings. The lowest BCUT2D eigenvalue weighted by atomic mass is 10.1. The molecule has 0 spiro atoms. The largest absolute Gasteiger partial charge is 0.370 e. The van der Waals surface area contributed by atoms with E-state index in [1.165, 1.54) is 0 Å². The third-order valence-corrected chi connectivity index (χ3v) is 6.04. The van der Waals surface area contributed by atoms with Gasteiger partial charge in [-0.1, -0.05) is 12.1 Å². The average molecular weight is 481 g/mol. The predicted octanol–water partition coefficient (Wildman–Crippen LogP) is 3.67. The topological polar surface area (TPSA) is 107 Å². The monoisotopic (exact) mass is 480 g/mol. The van der Waals surface area contributed by atoms with Gasteiger partial charge in [0.25, 0.3) is 11.8 Å². The number of benzene rings is 3. The highest BCUT2D eigenvalue weighted by Gasteiger charge is 2.12. The number of amidine groups is 2. The number of hydrogen-bond acceptors (Lipinski definition) is 6. The Balaban J connectivity index is 1.17. The van der Waals surface area contributed by atoms with Crippen LogP contribution in [0.1, 0.15) is 44.7 Å². The summed E-state index contributed by atoms with van der Waals surface area (Å²) in [7, 11) is 0. The van der Waals surface area contributed by atoms with Gasteiger partial charge in [0.1, 0.15) is 11.7 Å². The maximum atomic E-state index is 12.7. The van der Waals surface area contributed by atoms with E-state index in [-0.39, 0.29) is 11.8 Å². The molecule has 0 bridgehead atoms. The Morgan fingerprint density at radius 3 is 1.39 bits per heavy atom. The van der Waals surface area contributed by atoms with Crippen LogP contribution in [0.4, 0.5) is 11.4 Å². The zero-order valence-corrected chi connectivity index (χ0v) is 19.9. The first-order chi connectivity index (χ1) is 17.7. The van der Waals surface area contributed by atoms with Crippen molar-refractivity contribution in [2.75, 3.05) is 36.8 Å². The van der Waals surface area contributed by atoms with Gasteiger partial charge in [0, 0.05) is 59.8 Å². The molecular formula is C28H28N6O2. The van der Waals surface area contributed by atoms with Crippen molar-refractivity contribution < 1.29 is 9.59 Å². The van der Waals surface area contributed by atoms with Crippen molar-refractivity contribution in [2.24, 2.45) is 9.98 Å². The van der Waals surface area contributed by atoms with E-state index in [0.29, 0.717) is 22.5 Å². The normalized spacial score (nSPS) is 15.0. The summed E-state index contributed by atoms with van der Waals surface area (Å²) in [6, 6.07) is 21.8. The summed E-state index contributed by atoms with van der Waals surface area (Å²) < 4.78 is 0. The first-order valence-electron chi connectivity index (χ1n) is 12.2. The molecule has 36 heavy (non-hydrogen) atoms. The van der Waals surface area contributed by atoms with Crippen molar-refractivity contribution in [1.29, 1.82) is 0 Å². The number of nitrogens with one attached hydrogen (secondary N) is 4. The average Bonchev–Trinajstić information content (AvgIpc) is 2.95. The quantitative estimate of drug-likeness (QED) is 0.432. The first kappa shape index (κ1) is 23.3. The van der Waals surface area contributed by atoms with Crippen molar-refractivity contribution in [3.05, 3.63) is 95.1 Å². The Kier molecular flexibility index (Phi) is 7.02. The maximum absolute atomic E-state index is 12.7. The summed E-state index contributed by atoms with van der Waals surface area (Å²) in [5.41, 5.74) is 4.34. The summed E-state index contributed by atoms with van der Waals surface area (Å²) in [6.45, 7) is 3.49. The molecule has 2 heterocycles. The van der Waals surface area contributed by atoms with Crippen LogP contribution in [0.5, 0.6) is 0 Å². The van der Waals surface area contributed by atoms with Gasteiger partial charge in [-0.15, -0.1) is 0 Å². The fraction of sp³-hybridized carbons (Fsp3) is 0.214. The molecule has 182 valence electrons. The van der Waals surface area contributed by atoms with Gasteiger partial charge in [-0.05, 0) is 73.5 Å². The smallest absolute Gasteiger partial charge is 0.255 e.